The molecular formula is C12H15NO4. The Morgan fingerprint density at radius 2 is 2.35 bits per heavy atom. The maximum Gasteiger partial charge on any atom is 0.348 e. The lowest BCUT2D eigenvalue weighted by Gasteiger charge is -2.33. The summed E-state index contributed by atoms with van der Waals surface area (Å²) >= 11 is 0. The molecule has 0 aromatic heterocycles. The fourth-order valence-corrected chi connectivity index (χ4v) is 2.35. The van der Waals surface area contributed by atoms with Crippen LogP contribution in [0.4, 0.5) is 0 Å². The van der Waals surface area contributed by atoms with Gasteiger partial charge in [-0.15, -0.1) is 0 Å². The minimum absolute atomic E-state index is 0.127. The Bertz CT molecular complexity index is 388. The summed E-state index contributed by atoms with van der Waals surface area (Å²) in [6, 6.07) is 1.94. The van der Waals surface area contributed by atoms with Crippen molar-refractivity contribution >= 4 is 5.97 Å². The summed E-state index contributed by atoms with van der Waals surface area (Å²) in [5.74, 6) is -0.557. The van der Waals surface area contributed by atoms with Crippen molar-refractivity contribution in [3.8, 4) is 6.07 Å². The van der Waals surface area contributed by atoms with E-state index in [0.717, 1.165) is 12.0 Å². The van der Waals surface area contributed by atoms with Crippen LogP contribution in [0, 0.1) is 11.3 Å². The normalized spacial score (nSPS) is 31.1. The molecule has 2 heterocycles. The van der Waals surface area contributed by atoms with Crippen molar-refractivity contribution in [3.63, 3.8) is 0 Å². The number of nitriles is 1. The molecule has 2 rings (SSSR count). The van der Waals surface area contributed by atoms with Crippen molar-refractivity contribution in [2.24, 2.45) is 0 Å². The van der Waals surface area contributed by atoms with E-state index in [1.807, 2.05) is 6.07 Å². The lowest BCUT2D eigenvalue weighted by molar-refractivity contribution is -0.135. The molecule has 1 spiro atoms. The molecule has 0 aromatic carbocycles. The van der Waals surface area contributed by atoms with Gasteiger partial charge < -0.3 is 14.2 Å². The van der Waals surface area contributed by atoms with Gasteiger partial charge in [-0.2, -0.15) is 5.26 Å². The number of methoxy groups -OCH3 is 1. The van der Waals surface area contributed by atoms with Crippen LogP contribution >= 0.6 is 0 Å². The highest BCUT2D eigenvalue weighted by molar-refractivity contribution is 5.93. The van der Waals surface area contributed by atoms with E-state index in [0.29, 0.717) is 32.7 Å². The van der Waals surface area contributed by atoms with E-state index in [2.05, 4.69) is 4.74 Å². The molecule has 17 heavy (non-hydrogen) atoms. The molecule has 0 radical (unpaired) electrons. The smallest absolute Gasteiger partial charge is 0.348 e. The van der Waals surface area contributed by atoms with Crippen molar-refractivity contribution in [2.75, 3.05) is 26.9 Å². The number of rotatable bonds is 1. The van der Waals surface area contributed by atoms with Gasteiger partial charge in [0.1, 0.15) is 11.6 Å². The zero-order valence-corrected chi connectivity index (χ0v) is 9.82. The monoisotopic (exact) mass is 237 g/mol. The van der Waals surface area contributed by atoms with Crippen molar-refractivity contribution in [2.45, 2.75) is 24.9 Å². The molecule has 2 aliphatic heterocycles. The van der Waals surface area contributed by atoms with Gasteiger partial charge in [0.25, 0.3) is 0 Å². The standard InChI is InChI=1S/C12H15NO4/c1-15-11(14)10(7-13)9-2-4-17-12(6-9)3-5-16-8-12/h2-6,8H2,1H3/b10-9-. The van der Waals surface area contributed by atoms with Gasteiger partial charge >= 0.3 is 5.97 Å². The van der Waals surface area contributed by atoms with E-state index in [1.54, 1.807) is 0 Å². The van der Waals surface area contributed by atoms with Crippen molar-refractivity contribution in [1.82, 2.24) is 0 Å². The molecule has 2 aliphatic rings. The number of carbonyl (C=O) groups excluding carboxylic acids is 1. The number of esters is 1. The molecule has 5 heteroatoms. The van der Waals surface area contributed by atoms with Gasteiger partial charge in [-0.25, -0.2) is 4.79 Å². The quantitative estimate of drug-likeness (QED) is 0.386. The van der Waals surface area contributed by atoms with Crippen LogP contribution in [0.1, 0.15) is 19.3 Å². The summed E-state index contributed by atoms with van der Waals surface area (Å²) < 4.78 is 15.7. The zero-order valence-electron chi connectivity index (χ0n) is 9.82. The average Bonchev–Trinajstić information content (AvgIpc) is 2.78. The van der Waals surface area contributed by atoms with E-state index >= 15 is 0 Å². The Morgan fingerprint density at radius 3 is 2.94 bits per heavy atom. The second kappa shape index (κ2) is 4.86. The Balaban J connectivity index is 2.23. The van der Waals surface area contributed by atoms with Crippen LogP contribution in [0.2, 0.25) is 0 Å². The van der Waals surface area contributed by atoms with E-state index in [4.69, 9.17) is 14.7 Å². The lowest BCUT2D eigenvalue weighted by atomic mass is 9.87. The first-order chi connectivity index (χ1) is 8.21. The third-order valence-corrected chi connectivity index (χ3v) is 3.27. The van der Waals surface area contributed by atoms with Crippen LogP contribution in [0.25, 0.3) is 0 Å². The highest BCUT2D eigenvalue weighted by Crippen LogP contribution is 2.36. The zero-order chi connectivity index (χ0) is 12.3. The maximum absolute atomic E-state index is 11.5. The molecule has 2 saturated heterocycles. The molecule has 0 saturated carbocycles. The van der Waals surface area contributed by atoms with Crippen LogP contribution in [-0.4, -0.2) is 38.5 Å². The van der Waals surface area contributed by atoms with Crippen LogP contribution in [-0.2, 0) is 19.0 Å². The van der Waals surface area contributed by atoms with Crippen molar-refractivity contribution < 1.29 is 19.0 Å². The molecule has 92 valence electrons. The molecular weight excluding hydrogens is 222 g/mol. The summed E-state index contributed by atoms with van der Waals surface area (Å²) in [7, 11) is 1.29. The van der Waals surface area contributed by atoms with E-state index < -0.39 is 5.97 Å². The number of ether oxygens (including phenoxy) is 3. The minimum Gasteiger partial charge on any atom is -0.465 e. The van der Waals surface area contributed by atoms with Gasteiger partial charge in [0.15, 0.2) is 0 Å². The van der Waals surface area contributed by atoms with Gasteiger partial charge in [-0.05, 0) is 12.0 Å². The number of hydrogen-bond acceptors (Lipinski definition) is 5. The molecule has 0 N–H and O–H groups in total. The summed E-state index contributed by atoms with van der Waals surface area (Å²) in [4.78, 5) is 11.5. The molecule has 0 bridgehead atoms. The first-order valence-electron chi connectivity index (χ1n) is 5.63. The minimum atomic E-state index is -0.557. The topological polar surface area (TPSA) is 68.6 Å². The molecule has 2 fully saturated rings. The van der Waals surface area contributed by atoms with E-state index in [9.17, 15) is 4.79 Å². The number of nitrogens with zero attached hydrogens (tertiary/aromatic N) is 1. The predicted octanol–water partition coefficient (Wildman–Crippen LogP) is 0.949. The van der Waals surface area contributed by atoms with Crippen LogP contribution in [0.5, 0.6) is 0 Å². The molecule has 1 unspecified atom stereocenters. The molecule has 0 aromatic rings. The van der Waals surface area contributed by atoms with Crippen molar-refractivity contribution in [3.05, 3.63) is 11.1 Å². The first kappa shape index (κ1) is 12.1. The highest BCUT2D eigenvalue weighted by atomic mass is 16.6. The van der Waals surface area contributed by atoms with Gasteiger partial charge in [0, 0.05) is 19.4 Å². The van der Waals surface area contributed by atoms with E-state index in [-0.39, 0.29) is 11.2 Å². The summed E-state index contributed by atoms with van der Waals surface area (Å²) in [5, 5.41) is 9.03. The number of hydrogen-bond donors (Lipinski definition) is 0. The highest BCUT2D eigenvalue weighted by Gasteiger charge is 2.40. The van der Waals surface area contributed by atoms with Crippen molar-refractivity contribution in [1.29, 1.82) is 5.26 Å². The largest absolute Gasteiger partial charge is 0.465 e. The summed E-state index contributed by atoms with van der Waals surface area (Å²) in [5.41, 5.74) is 0.627. The van der Waals surface area contributed by atoms with Gasteiger partial charge in [-0.3, -0.25) is 0 Å². The van der Waals surface area contributed by atoms with Gasteiger partial charge in [0.05, 0.1) is 25.9 Å². The Kier molecular flexibility index (Phi) is 3.46. The van der Waals surface area contributed by atoms with Gasteiger partial charge in [-0.1, -0.05) is 0 Å². The third-order valence-electron chi connectivity index (χ3n) is 3.27. The Labute approximate surface area is 99.9 Å². The van der Waals surface area contributed by atoms with Gasteiger partial charge in [0.2, 0.25) is 0 Å². The fourth-order valence-electron chi connectivity index (χ4n) is 2.35. The molecule has 5 nitrogen and oxygen atoms in total. The average molecular weight is 237 g/mol. The molecule has 0 aliphatic carbocycles. The third kappa shape index (κ3) is 2.33. The summed E-state index contributed by atoms with van der Waals surface area (Å²) in [6.45, 7) is 1.74. The Hall–Kier alpha value is -1.38. The Morgan fingerprint density at radius 1 is 1.53 bits per heavy atom. The van der Waals surface area contributed by atoms with Crippen LogP contribution in [0.15, 0.2) is 11.1 Å². The maximum atomic E-state index is 11.5. The lowest BCUT2D eigenvalue weighted by Crippen LogP contribution is -2.38. The second-order valence-corrected chi connectivity index (χ2v) is 4.34. The van der Waals surface area contributed by atoms with Crippen LogP contribution in [0.3, 0.4) is 0 Å². The SMILES string of the molecule is COC(=O)/C(C#N)=C1/CCOC2(CCOC2)C1. The molecule has 1 atom stereocenters. The first-order valence-corrected chi connectivity index (χ1v) is 5.63. The number of carbonyl (C=O) groups is 1. The molecule has 0 amide bonds. The van der Waals surface area contributed by atoms with E-state index in [1.165, 1.54) is 7.11 Å². The second-order valence-electron chi connectivity index (χ2n) is 4.34. The van der Waals surface area contributed by atoms with Crippen LogP contribution < -0.4 is 0 Å². The summed E-state index contributed by atoms with van der Waals surface area (Å²) in [6.07, 6.45) is 2.01. The predicted molar refractivity (Wildman–Crippen MR) is 58.0 cm³/mol. The fraction of sp³-hybridized carbons (Fsp3) is 0.667.